The Morgan fingerprint density at radius 1 is 1.38 bits per heavy atom. The number of methoxy groups -OCH3 is 1. The molecule has 1 amide bonds. The molecule has 2 aromatic rings. The maximum atomic E-state index is 12.5. The lowest BCUT2D eigenvalue weighted by Crippen LogP contribution is -2.40. The van der Waals surface area contributed by atoms with E-state index in [0.717, 1.165) is 30.0 Å². The number of hydrogen-bond acceptors (Lipinski definition) is 5. The summed E-state index contributed by atoms with van der Waals surface area (Å²) in [5, 5.41) is 0. The van der Waals surface area contributed by atoms with Crippen molar-refractivity contribution in [3.63, 3.8) is 0 Å². The predicted octanol–water partition coefficient (Wildman–Crippen LogP) is 1.50. The lowest BCUT2D eigenvalue weighted by Gasteiger charge is -2.29. The standard InChI is InChI=1S/C18H22N4O2/c1-21(10-15-5-3-4-6-17(15)24-2)18(23)12-22-8-7-14-9-19-13-20-16(14)11-22/h3-6,9,13H,7-8,10-12H2,1-2H3. The van der Waals surface area contributed by atoms with E-state index in [0.29, 0.717) is 19.6 Å². The number of amides is 1. The van der Waals surface area contributed by atoms with Gasteiger partial charge in [-0.3, -0.25) is 9.69 Å². The third-order valence-electron chi connectivity index (χ3n) is 4.34. The Labute approximate surface area is 142 Å². The van der Waals surface area contributed by atoms with Crippen molar-refractivity contribution in [2.24, 2.45) is 0 Å². The van der Waals surface area contributed by atoms with Gasteiger partial charge in [0.1, 0.15) is 12.1 Å². The van der Waals surface area contributed by atoms with Gasteiger partial charge in [0.15, 0.2) is 0 Å². The van der Waals surface area contributed by atoms with Crippen molar-refractivity contribution < 1.29 is 9.53 Å². The number of carbonyl (C=O) groups is 1. The lowest BCUT2D eigenvalue weighted by molar-refractivity contribution is -0.131. The normalized spacial score (nSPS) is 14.1. The number of likely N-dealkylation sites (N-methyl/N-ethyl adjacent to an activating group) is 1. The van der Waals surface area contributed by atoms with Crippen molar-refractivity contribution in [3.8, 4) is 5.75 Å². The first kappa shape index (κ1) is 16.4. The molecule has 0 atom stereocenters. The number of rotatable bonds is 5. The average Bonchev–Trinajstić information content (AvgIpc) is 2.62. The first-order valence-corrected chi connectivity index (χ1v) is 8.03. The topological polar surface area (TPSA) is 58.6 Å². The molecule has 1 aliphatic heterocycles. The summed E-state index contributed by atoms with van der Waals surface area (Å²) in [6.07, 6.45) is 4.33. The Bertz CT molecular complexity index is 720. The molecular weight excluding hydrogens is 304 g/mol. The van der Waals surface area contributed by atoms with Gasteiger partial charge < -0.3 is 9.64 Å². The molecule has 0 saturated heterocycles. The molecule has 2 heterocycles. The highest BCUT2D eigenvalue weighted by Gasteiger charge is 2.21. The van der Waals surface area contributed by atoms with E-state index in [2.05, 4.69) is 14.9 Å². The van der Waals surface area contributed by atoms with Gasteiger partial charge in [-0.05, 0) is 18.1 Å². The van der Waals surface area contributed by atoms with E-state index in [4.69, 9.17) is 4.74 Å². The van der Waals surface area contributed by atoms with Crippen LogP contribution in [0.4, 0.5) is 0 Å². The summed E-state index contributed by atoms with van der Waals surface area (Å²) in [5.41, 5.74) is 3.22. The highest BCUT2D eigenvalue weighted by atomic mass is 16.5. The van der Waals surface area contributed by atoms with Crippen LogP contribution in [0, 0.1) is 0 Å². The second kappa shape index (κ2) is 7.40. The summed E-state index contributed by atoms with van der Waals surface area (Å²) in [6.45, 7) is 2.49. The quantitative estimate of drug-likeness (QED) is 0.833. The van der Waals surface area contributed by atoms with Crippen molar-refractivity contribution >= 4 is 5.91 Å². The fourth-order valence-electron chi connectivity index (χ4n) is 2.93. The monoisotopic (exact) mass is 326 g/mol. The molecule has 0 bridgehead atoms. The van der Waals surface area contributed by atoms with Gasteiger partial charge >= 0.3 is 0 Å². The summed E-state index contributed by atoms with van der Waals surface area (Å²) < 4.78 is 5.35. The average molecular weight is 326 g/mol. The van der Waals surface area contributed by atoms with Crippen molar-refractivity contribution in [2.45, 2.75) is 19.5 Å². The molecule has 3 rings (SSSR count). The summed E-state index contributed by atoms with van der Waals surface area (Å²) >= 11 is 0. The van der Waals surface area contributed by atoms with E-state index in [1.807, 2.05) is 37.5 Å². The summed E-state index contributed by atoms with van der Waals surface area (Å²) in [4.78, 5) is 24.8. The molecule has 1 aliphatic rings. The van der Waals surface area contributed by atoms with Crippen LogP contribution in [0.15, 0.2) is 36.8 Å². The summed E-state index contributed by atoms with van der Waals surface area (Å²) in [5.74, 6) is 0.902. The molecule has 0 unspecified atom stereocenters. The smallest absolute Gasteiger partial charge is 0.236 e. The zero-order chi connectivity index (χ0) is 16.9. The van der Waals surface area contributed by atoms with Crippen LogP contribution in [0.5, 0.6) is 5.75 Å². The SMILES string of the molecule is COc1ccccc1CN(C)C(=O)CN1CCc2cncnc2C1. The van der Waals surface area contributed by atoms with Gasteiger partial charge in [0.25, 0.3) is 0 Å². The summed E-state index contributed by atoms with van der Waals surface area (Å²) in [7, 11) is 3.47. The molecule has 24 heavy (non-hydrogen) atoms. The molecule has 1 aromatic carbocycles. The Balaban J connectivity index is 1.59. The van der Waals surface area contributed by atoms with Gasteiger partial charge in [-0.1, -0.05) is 18.2 Å². The van der Waals surface area contributed by atoms with E-state index < -0.39 is 0 Å². The van der Waals surface area contributed by atoms with Gasteiger partial charge in [0.05, 0.1) is 19.3 Å². The van der Waals surface area contributed by atoms with E-state index in [9.17, 15) is 4.79 Å². The van der Waals surface area contributed by atoms with Crippen LogP contribution in [0.25, 0.3) is 0 Å². The molecule has 0 fully saturated rings. The molecule has 0 radical (unpaired) electrons. The molecule has 126 valence electrons. The fraction of sp³-hybridized carbons (Fsp3) is 0.389. The second-order valence-corrected chi connectivity index (χ2v) is 6.02. The number of nitrogens with zero attached hydrogens (tertiary/aromatic N) is 4. The minimum atomic E-state index is 0.0958. The van der Waals surface area contributed by atoms with Gasteiger partial charge in [-0.2, -0.15) is 0 Å². The van der Waals surface area contributed by atoms with Gasteiger partial charge in [0.2, 0.25) is 5.91 Å². The Morgan fingerprint density at radius 3 is 3.04 bits per heavy atom. The van der Waals surface area contributed by atoms with Crippen molar-refractivity contribution in [2.75, 3.05) is 27.2 Å². The highest BCUT2D eigenvalue weighted by molar-refractivity contribution is 5.78. The Morgan fingerprint density at radius 2 is 2.21 bits per heavy atom. The minimum Gasteiger partial charge on any atom is -0.496 e. The number of para-hydroxylation sites is 1. The van der Waals surface area contributed by atoms with E-state index in [-0.39, 0.29) is 5.91 Å². The lowest BCUT2D eigenvalue weighted by atomic mass is 10.1. The molecule has 6 nitrogen and oxygen atoms in total. The molecule has 0 N–H and O–H groups in total. The van der Waals surface area contributed by atoms with Crippen LogP contribution in [-0.4, -0.2) is 52.9 Å². The van der Waals surface area contributed by atoms with Gasteiger partial charge in [0, 0.05) is 38.4 Å². The first-order chi connectivity index (χ1) is 11.7. The maximum absolute atomic E-state index is 12.5. The van der Waals surface area contributed by atoms with Crippen LogP contribution in [-0.2, 0) is 24.3 Å². The zero-order valence-corrected chi connectivity index (χ0v) is 14.1. The number of hydrogen-bond donors (Lipinski definition) is 0. The Kier molecular flexibility index (Phi) is 5.05. The summed E-state index contributed by atoms with van der Waals surface area (Å²) in [6, 6.07) is 7.78. The number of carbonyl (C=O) groups excluding carboxylic acids is 1. The van der Waals surface area contributed by atoms with Gasteiger partial charge in [-0.15, -0.1) is 0 Å². The van der Waals surface area contributed by atoms with Crippen molar-refractivity contribution in [1.29, 1.82) is 0 Å². The number of aromatic nitrogens is 2. The first-order valence-electron chi connectivity index (χ1n) is 8.03. The number of fused-ring (bicyclic) bond motifs is 1. The van der Waals surface area contributed by atoms with Crippen molar-refractivity contribution in [1.82, 2.24) is 19.8 Å². The molecule has 0 saturated carbocycles. The maximum Gasteiger partial charge on any atom is 0.236 e. The molecule has 0 spiro atoms. The van der Waals surface area contributed by atoms with Crippen LogP contribution in [0.1, 0.15) is 16.8 Å². The van der Waals surface area contributed by atoms with E-state index in [1.165, 1.54) is 5.56 Å². The minimum absolute atomic E-state index is 0.0958. The third-order valence-corrected chi connectivity index (χ3v) is 4.34. The predicted molar refractivity (Wildman–Crippen MR) is 90.5 cm³/mol. The van der Waals surface area contributed by atoms with Crippen LogP contribution in [0.2, 0.25) is 0 Å². The largest absolute Gasteiger partial charge is 0.496 e. The Hall–Kier alpha value is -2.47. The van der Waals surface area contributed by atoms with Crippen LogP contribution in [0.3, 0.4) is 0 Å². The molecular formula is C18H22N4O2. The number of benzene rings is 1. The van der Waals surface area contributed by atoms with E-state index >= 15 is 0 Å². The van der Waals surface area contributed by atoms with Crippen molar-refractivity contribution in [3.05, 3.63) is 53.6 Å². The van der Waals surface area contributed by atoms with Crippen LogP contribution >= 0.6 is 0 Å². The molecule has 0 aliphatic carbocycles. The second-order valence-electron chi connectivity index (χ2n) is 6.02. The molecule has 1 aromatic heterocycles. The van der Waals surface area contributed by atoms with E-state index in [1.54, 1.807) is 18.3 Å². The third kappa shape index (κ3) is 3.71. The van der Waals surface area contributed by atoms with Gasteiger partial charge in [-0.25, -0.2) is 9.97 Å². The zero-order valence-electron chi connectivity index (χ0n) is 14.1. The molecule has 6 heteroatoms. The van der Waals surface area contributed by atoms with Crippen LogP contribution < -0.4 is 4.74 Å². The number of ether oxygens (including phenoxy) is 1. The fourth-order valence-corrected chi connectivity index (χ4v) is 2.93. The highest BCUT2D eigenvalue weighted by Crippen LogP contribution is 2.19.